The fourth-order valence-electron chi connectivity index (χ4n) is 2.35. The SMILES string of the molecule is O=C(NS(=O)(=O)c1ccc(Cl)cc1)c1ccc(OCc2cccc(F)c2)cc1. The van der Waals surface area contributed by atoms with Crippen LogP contribution in [-0.4, -0.2) is 14.3 Å². The molecule has 1 amide bonds. The molecule has 0 aliphatic rings. The molecule has 3 aromatic rings. The average molecular weight is 420 g/mol. The Hall–Kier alpha value is -2.90. The van der Waals surface area contributed by atoms with Gasteiger partial charge in [0.15, 0.2) is 0 Å². The molecule has 0 aromatic heterocycles. The van der Waals surface area contributed by atoms with Gasteiger partial charge in [-0.25, -0.2) is 17.5 Å². The summed E-state index contributed by atoms with van der Waals surface area (Å²) in [6, 6.07) is 17.4. The van der Waals surface area contributed by atoms with Crippen molar-refractivity contribution >= 4 is 27.5 Å². The summed E-state index contributed by atoms with van der Waals surface area (Å²) in [6.45, 7) is 0.161. The van der Waals surface area contributed by atoms with Gasteiger partial charge < -0.3 is 4.74 Å². The molecule has 0 fully saturated rings. The number of carbonyl (C=O) groups excluding carboxylic acids is 1. The number of hydrogen-bond acceptors (Lipinski definition) is 4. The highest BCUT2D eigenvalue weighted by Crippen LogP contribution is 2.17. The predicted molar refractivity (Wildman–Crippen MR) is 103 cm³/mol. The molecular formula is C20H15ClFNO4S. The average Bonchev–Trinajstić information content (AvgIpc) is 2.67. The van der Waals surface area contributed by atoms with Gasteiger partial charge in [-0.05, 0) is 66.2 Å². The highest BCUT2D eigenvalue weighted by atomic mass is 35.5. The number of sulfonamides is 1. The van der Waals surface area contributed by atoms with E-state index in [0.717, 1.165) is 0 Å². The minimum absolute atomic E-state index is 0.0692. The summed E-state index contributed by atoms with van der Waals surface area (Å²) in [5, 5.41) is 0.388. The van der Waals surface area contributed by atoms with Crippen molar-refractivity contribution in [3.63, 3.8) is 0 Å². The molecule has 0 radical (unpaired) electrons. The molecule has 0 saturated carbocycles. The number of hydrogen-bond donors (Lipinski definition) is 1. The summed E-state index contributed by atoms with van der Waals surface area (Å²) in [5.74, 6) is -0.664. The van der Waals surface area contributed by atoms with Crippen LogP contribution in [0.3, 0.4) is 0 Å². The number of carbonyl (C=O) groups is 1. The summed E-state index contributed by atoms with van der Waals surface area (Å²) >= 11 is 5.74. The molecule has 3 rings (SSSR count). The van der Waals surface area contributed by atoms with Gasteiger partial charge in [-0.15, -0.1) is 0 Å². The molecule has 0 atom stereocenters. The third kappa shape index (κ3) is 5.09. The maximum absolute atomic E-state index is 13.2. The van der Waals surface area contributed by atoms with E-state index in [1.807, 2.05) is 4.72 Å². The molecule has 5 nitrogen and oxygen atoms in total. The van der Waals surface area contributed by atoms with Gasteiger partial charge >= 0.3 is 0 Å². The largest absolute Gasteiger partial charge is 0.489 e. The third-order valence-corrected chi connectivity index (χ3v) is 5.36. The van der Waals surface area contributed by atoms with Crippen LogP contribution < -0.4 is 9.46 Å². The summed E-state index contributed by atoms with van der Waals surface area (Å²) < 4.78 is 45.2. The van der Waals surface area contributed by atoms with Gasteiger partial charge in [0.2, 0.25) is 0 Å². The second-order valence-electron chi connectivity index (χ2n) is 5.83. The highest BCUT2D eigenvalue weighted by Gasteiger charge is 2.18. The number of amides is 1. The van der Waals surface area contributed by atoms with Crippen LogP contribution in [-0.2, 0) is 16.6 Å². The van der Waals surface area contributed by atoms with E-state index in [0.29, 0.717) is 16.3 Å². The summed E-state index contributed by atoms with van der Waals surface area (Å²) in [5.41, 5.74) is 0.812. The lowest BCUT2D eigenvalue weighted by molar-refractivity contribution is 0.0981. The van der Waals surface area contributed by atoms with Crippen molar-refractivity contribution in [3.05, 3.63) is 94.8 Å². The molecule has 3 aromatic carbocycles. The van der Waals surface area contributed by atoms with Crippen molar-refractivity contribution in [2.24, 2.45) is 0 Å². The van der Waals surface area contributed by atoms with Crippen molar-refractivity contribution in [1.29, 1.82) is 0 Å². The highest BCUT2D eigenvalue weighted by molar-refractivity contribution is 7.90. The van der Waals surface area contributed by atoms with Crippen molar-refractivity contribution in [2.45, 2.75) is 11.5 Å². The van der Waals surface area contributed by atoms with Crippen molar-refractivity contribution in [1.82, 2.24) is 4.72 Å². The van der Waals surface area contributed by atoms with Gasteiger partial charge in [0.1, 0.15) is 18.2 Å². The van der Waals surface area contributed by atoms with Crippen LogP contribution in [0.2, 0.25) is 5.02 Å². The zero-order chi connectivity index (χ0) is 20.1. The van der Waals surface area contributed by atoms with Crippen LogP contribution in [0.5, 0.6) is 5.75 Å². The van der Waals surface area contributed by atoms with E-state index in [9.17, 15) is 17.6 Å². The van der Waals surface area contributed by atoms with Gasteiger partial charge in [-0.3, -0.25) is 4.79 Å². The minimum Gasteiger partial charge on any atom is -0.489 e. The van der Waals surface area contributed by atoms with Crippen LogP contribution in [0.4, 0.5) is 4.39 Å². The number of halogens is 2. The molecule has 0 aliphatic carbocycles. The minimum atomic E-state index is -4.01. The molecule has 0 bridgehead atoms. The third-order valence-electron chi connectivity index (χ3n) is 3.76. The van der Waals surface area contributed by atoms with E-state index in [2.05, 4.69) is 0 Å². The molecule has 8 heteroatoms. The number of nitrogens with one attached hydrogen (secondary N) is 1. The molecule has 0 saturated heterocycles. The Morgan fingerprint density at radius 2 is 1.68 bits per heavy atom. The summed E-state index contributed by atoms with van der Waals surface area (Å²) in [4.78, 5) is 12.2. The van der Waals surface area contributed by atoms with Crippen molar-refractivity contribution in [2.75, 3.05) is 0 Å². The monoisotopic (exact) mass is 419 g/mol. The van der Waals surface area contributed by atoms with Gasteiger partial charge in [-0.1, -0.05) is 23.7 Å². The van der Waals surface area contributed by atoms with E-state index in [1.54, 1.807) is 12.1 Å². The zero-order valence-corrected chi connectivity index (χ0v) is 16.0. The molecular weight excluding hydrogens is 405 g/mol. The maximum atomic E-state index is 13.2. The molecule has 28 heavy (non-hydrogen) atoms. The van der Waals surface area contributed by atoms with Crippen LogP contribution >= 0.6 is 11.6 Å². The number of benzene rings is 3. The molecule has 0 heterocycles. The van der Waals surface area contributed by atoms with Crippen LogP contribution in [0.1, 0.15) is 15.9 Å². The second kappa shape index (κ2) is 8.41. The Bertz CT molecular complexity index is 1080. The van der Waals surface area contributed by atoms with E-state index in [1.165, 1.54) is 60.7 Å². The number of rotatable bonds is 6. The van der Waals surface area contributed by atoms with E-state index < -0.39 is 15.9 Å². The molecule has 0 spiro atoms. The quantitative estimate of drug-likeness (QED) is 0.650. The van der Waals surface area contributed by atoms with Crippen LogP contribution in [0, 0.1) is 5.82 Å². The van der Waals surface area contributed by atoms with Crippen molar-refractivity contribution in [3.8, 4) is 5.75 Å². The fraction of sp³-hybridized carbons (Fsp3) is 0.0500. The Kier molecular flexibility index (Phi) is 5.96. The Labute approximate surface area is 166 Å². The lowest BCUT2D eigenvalue weighted by Crippen LogP contribution is -2.30. The van der Waals surface area contributed by atoms with Gasteiger partial charge in [-0.2, -0.15) is 0 Å². The fourth-order valence-corrected chi connectivity index (χ4v) is 3.45. The van der Waals surface area contributed by atoms with E-state index in [4.69, 9.17) is 16.3 Å². The number of ether oxygens (including phenoxy) is 1. The lowest BCUT2D eigenvalue weighted by atomic mass is 10.2. The zero-order valence-electron chi connectivity index (χ0n) is 14.4. The van der Waals surface area contributed by atoms with Crippen LogP contribution in [0.15, 0.2) is 77.7 Å². The molecule has 0 unspecified atom stereocenters. The first kappa shape index (κ1) is 19.9. The van der Waals surface area contributed by atoms with Gasteiger partial charge in [0.05, 0.1) is 4.90 Å². The smallest absolute Gasteiger partial charge is 0.265 e. The molecule has 0 aliphatic heterocycles. The standard InChI is InChI=1S/C20H15ClFNO4S/c21-16-6-10-19(11-7-16)28(25,26)23-20(24)15-4-8-18(9-5-15)27-13-14-2-1-3-17(22)12-14/h1-12H,13H2,(H,23,24). The lowest BCUT2D eigenvalue weighted by Gasteiger charge is -2.09. The Balaban J connectivity index is 1.64. The Morgan fingerprint density at radius 1 is 1.00 bits per heavy atom. The first-order valence-corrected chi connectivity index (χ1v) is 10.00. The summed E-state index contributed by atoms with van der Waals surface area (Å²) in [6.07, 6.45) is 0. The normalized spacial score (nSPS) is 11.1. The summed E-state index contributed by atoms with van der Waals surface area (Å²) in [7, 11) is -4.01. The van der Waals surface area contributed by atoms with Gasteiger partial charge in [0, 0.05) is 10.6 Å². The molecule has 144 valence electrons. The van der Waals surface area contributed by atoms with Crippen LogP contribution in [0.25, 0.3) is 0 Å². The second-order valence-corrected chi connectivity index (χ2v) is 7.95. The van der Waals surface area contributed by atoms with Crippen molar-refractivity contribution < 1.29 is 22.3 Å². The Morgan fingerprint density at radius 3 is 2.32 bits per heavy atom. The molecule has 1 N–H and O–H groups in total. The topological polar surface area (TPSA) is 72.5 Å². The predicted octanol–water partition coefficient (Wildman–Crippen LogP) is 4.18. The first-order valence-electron chi connectivity index (χ1n) is 8.13. The maximum Gasteiger partial charge on any atom is 0.265 e. The van der Waals surface area contributed by atoms with E-state index >= 15 is 0 Å². The first-order chi connectivity index (χ1) is 13.3. The van der Waals surface area contributed by atoms with Gasteiger partial charge in [0.25, 0.3) is 15.9 Å². The van der Waals surface area contributed by atoms with E-state index in [-0.39, 0.29) is 22.9 Å².